The summed E-state index contributed by atoms with van der Waals surface area (Å²) in [5, 5.41) is 4.24. The molecule has 2 aliphatic rings. The van der Waals surface area contributed by atoms with E-state index in [2.05, 4.69) is 52.2 Å². The number of aryl methyl sites for hydroxylation is 2. The van der Waals surface area contributed by atoms with Gasteiger partial charge in [0.05, 0.1) is 17.3 Å². The first-order chi connectivity index (χ1) is 15.0. The minimum atomic E-state index is -0.197. The molecule has 0 unspecified atom stereocenters. The third-order valence-corrected chi connectivity index (χ3v) is 7.03. The molecule has 0 atom stereocenters. The number of aromatic nitrogens is 3. The lowest BCUT2D eigenvalue weighted by molar-refractivity contribution is -0.128. The van der Waals surface area contributed by atoms with Crippen LogP contribution >= 0.6 is 0 Å². The van der Waals surface area contributed by atoms with Crippen molar-refractivity contribution in [3.63, 3.8) is 0 Å². The first-order valence-electron chi connectivity index (χ1n) is 11.1. The van der Waals surface area contributed by atoms with Gasteiger partial charge in [-0.25, -0.2) is 0 Å². The van der Waals surface area contributed by atoms with E-state index in [-0.39, 0.29) is 5.41 Å². The predicted molar refractivity (Wildman–Crippen MR) is 122 cm³/mol. The summed E-state index contributed by atoms with van der Waals surface area (Å²) in [7, 11) is 1.92. The number of piperidine rings is 1. The van der Waals surface area contributed by atoms with Gasteiger partial charge in [0.1, 0.15) is 0 Å². The number of anilines is 1. The summed E-state index contributed by atoms with van der Waals surface area (Å²) in [4.78, 5) is 22.4. The molecule has 0 radical (unpaired) electrons. The molecule has 1 spiro atoms. The van der Waals surface area contributed by atoms with Gasteiger partial charge >= 0.3 is 0 Å². The normalized spacial score (nSPS) is 18.8. The van der Waals surface area contributed by atoms with Gasteiger partial charge in [0.25, 0.3) is 0 Å². The Bertz CT molecular complexity index is 1080. The van der Waals surface area contributed by atoms with Crippen molar-refractivity contribution in [2.24, 2.45) is 12.5 Å². The molecule has 1 amide bonds. The molecule has 0 aliphatic carbocycles. The van der Waals surface area contributed by atoms with E-state index in [4.69, 9.17) is 0 Å². The monoisotopic (exact) mass is 415 g/mol. The number of nitrogens with zero attached hydrogens (tertiary/aromatic N) is 5. The second-order valence-corrected chi connectivity index (χ2v) is 8.98. The maximum Gasteiger partial charge on any atom is 0.233 e. The number of carbonyl (C=O) groups excluding carboxylic acids is 1. The van der Waals surface area contributed by atoms with Crippen LogP contribution in [0.1, 0.15) is 30.5 Å². The Morgan fingerprint density at radius 3 is 2.42 bits per heavy atom. The highest BCUT2D eigenvalue weighted by Crippen LogP contribution is 2.43. The van der Waals surface area contributed by atoms with E-state index in [0.717, 1.165) is 67.9 Å². The molecule has 5 rings (SSSR count). The van der Waals surface area contributed by atoms with Gasteiger partial charge in [0.2, 0.25) is 5.91 Å². The second kappa shape index (κ2) is 7.93. The van der Waals surface area contributed by atoms with Crippen LogP contribution in [0.3, 0.4) is 0 Å². The van der Waals surface area contributed by atoms with E-state index >= 15 is 0 Å². The highest BCUT2D eigenvalue weighted by Gasteiger charge is 2.48. The van der Waals surface area contributed by atoms with Gasteiger partial charge in [0, 0.05) is 43.8 Å². The lowest BCUT2D eigenvalue weighted by Crippen LogP contribution is -2.44. The van der Waals surface area contributed by atoms with Crippen LogP contribution in [0.15, 0.2) is 55.0 Å². The van der Waals surface area contributed by atoms with Crippen LogP contribution in [0.25, 0.3) is 11.1 Å². The second-order valence-electron chi connectivity index (χ2n) is 8.98. The fourth-order valence-corrected chi connectivity index (χ4v) is 4.97. The van der Waals surface area contributed by atoms with Gasteiger partial charge in [-0.3, -0.25) is 19.4 Å². The van der Waals surface area contributed by atoms with E-state index < -0.39 is 0 Å². The SMILES string of the molecule is Cc1cccnc1CN1CCC2(CC1)CCN(c1ccc(-c3cnn(C)c3)cc1)C2=O. The number of hydrogen-bond acceptors (Lipinski definition) is 4. The van der Waals surface area contributed by atoms with E-state index in [9.17, 15) is 4.79 Å². The summed E-state index contributed by atoms with van der Waals surface area (Å²) < 4.78 is 1.80. The molecule has 2 saturated heterocycles. The summed E-state index contributed by atoms with van der Waals surface area (Å²) in [6.07, 6.45) is 8.55. The lowest BCUT2D eigenvalue weighted by atomic mass is 9.77. The highest BCUT2D eigenvalue weighted by molar-refractivity contribution is 6.00. The quantitative estimate of drug-likeness (QED) is 0.650. The molecule has 2 aliphatic heterocycles. The van der Waals surface area contributed by atoms with Crippen molar-refractivity contribution >= 4 is 11.6 Å². The van der Waals surface area contributed by atoms with Crippen LogP contribution in [-0.4, -0.2) is 45.2 Å². The highest BCUT2D eigenvalue weighted by atomic mass is 16.2. The number of amides is 1. The zero-order valence-corrected chi connectivity index (χ0v) is 18.3. The Balaban J connectivity index is 1.24. The lowest BCUT2D eigenvalue weighted by Gasteiger charge is -2.38. The number of rotatable bonds is 4. The molecular formula is C25H29N5O. The number of carbonyl (C=O) groups is 1. The Labute approximate surface area is 183 Å². The van der Waals surface area contributed by atoms with Crippen molar-refractivity contribution in [3.8, 4) is 11.1 Å². The largest absolute Gasteiger partial charge is 0.312 e. The van der Waals surface area contributed by atoms with Crippen LogP contribution in [0, 0.1) is 12.3 Å². The minimum absolute atomic E-state index is 0.197. The predicted octanol–water partition coefficient (Wildman–Crippen LogP) is 3.81. The third kappa shape index (κ3) is 3.76. The summed E-state index contributed by atoms with van der Waals surface area (Å²) in [5.41, 5.74) is 5.40. The molecule has 31 heavy (non-hydrogen) atoms. The van der Waals surface area contributed by atoms with Crippen LogP contribution in [-0.2, 0) is 18.4 Å². The maximum atomic E-state index is 13.4. The topological polar surface area (TPSA) is 54.3 Å². The Kier molecular flexibility index (Phi) is 5.10. The van der Waals surface area contributed by atoms with E-state index in [1.54, 1.807) is 4.68 Å². The first-order valence-corrected chi connectivity index (χ1v) is 11.1. The van der Waals surface area contributed by atoms with Crippen LogP contribution in [0.2, 0.25) is 0 Å². The van der Waals surface area contributed by atoms with Crippen molar-refractivity contribution in [2.75, 3.05) is 24.5 Å². The molecule has 6 nitrogen and oxygen atoms in total. The molecule has 0 bridgehead atoms. The average Bonchev–Trinajstić information content (AvgIpc) is 3.36. The van der Waals surface area contributed by atoms with Crippen LogP contribution < -0.4 is 4.90 Å². The van der Waals surface area contributed by atoms with Gasteiger partial charge in [-0.1, -0.05) is 18.2 Å². The van der Waals surface area contributed by atoms with Gasteiger partial charge in [0.15, 0.2) is 0 Å². The number of benzene rings is 1. The fourth-order valence-electron chi connectivity index (χ4n) is 4.97. The summed E-state index contributed by atoms with van der Waals surface area (Å²) >= 11 is 0. The molecule has 2 aromatic heterocycles. The summed E-state index contributed by atoms with van der Waals surface area (Å²) in [6, 6.07) is 12.4. The minimum Gasteiger partial charge on any atom is -0.312 e. The molecule has 1 aromatic carbocycles. The van der Waals surface area contributed by atoms with Gasteiger partial charge in [-0.2, -0.15) is 5.10 Å². The van der Waals surface area contributed by atoms with E-state index in [0.29, 0.717) is 5.91 Å². The fraction of sp³-hybridized carbons (Fsp3) is 0.400. The van der Waals surface area contributed by atoms with Gasteiger partial charge in [-0.15, -0.1) is 0 Å². The number of likely N-dealkylation sites (tertiary alicyclic amines) is 1. The standard InChI is InChI=1S/C25H29N5O/c1-19-4-3-12-26-23(19)18-29-13-9-25(10-14-29)11-15-30(24(25)31)22-7-5-20(6-8-22)21-16-27-28(2)17-21/h3-8,12,16-17H,9-11,13-15,18H2,1-2H3. The molecule has 0 saturated carbocycles. The van der Waals surface area contributed by atoms with Gasteiger partial charge < -0.3 is 4.90 Å². The smallest absolute Gasteiger partial charge is 0.233 e. The maximum absolute atomic E-state index is 13.4. The van der Waals surface area contributed by atoms with Crippen molar-refractivity contribution < 1.29 is 4.79 Å². The van der Waals surface area contributed by atoms with Crippen molar-refractivity contribution in [2.45, 2.75) is 32.7 Å². The zero-order chi connectivity index (χ0) is 21.4. The Morgan fingerprint density at radius 1 is 1.00 bits per heavy atom. The Hall–Kier alpha value is -2.99. The molecule has 6 heteroatoms. The van der Waals surface area contributed by atoms with Crippen LogP contribution in [0.5, 0.6) is 0 Å². The van der Waals surface area contributed by atoms with Crippen molar-refractivity contribution in [3.05, 3.63) is 66.2 Å². The molecule has 160 valence electrons. The zero-order valence-electron chi connectivity index (χ0n) is 18.3. The summed E-state index contributed by atoms with van der Waals surface area (Å²) in [6.45, 7) is 5.71. The van der Waals surface area contributed by atoms with E-state index in [1.807, 2.05) is 36.6 Å². The van der Waals surface area contributed by atoms with Crippen molar-refractivity contribution in [1.29, 1.82) is 0 Å². The summed E-state index contributed by atoms with van der Waals surface area (Å²) in [5.74, 6) is 0.301. The number of pyridine rings is 1. The molecule has 3 aromatic rings. The Morgan fingerprint density at radius 2 is 1.74 bits per heavy atom. The number of hydrogen-bond donors (Lipinski definition) is 0. The molecule has 0 N–H and O–H groups in total. The molecular weight excluding hydrogens is 386 g/mol. The third-order valence-electron chi connectivity index (χ3n) is 7.03. The molecule has 4 heterocycles. The van der Waals surface area contributed by atoms with Gasteiger partial charge in [-0.05, 0) is 68.6 Å². The average molecular weight is 416 g/mol. The van der Waals surface area contributed by atoms with E-state index in [1.165, 1.54) is 5.56 Å². The molecule has 2 fully saturated rings. The van der Waals surface area contributed by atoms with Crippen molar-refractivity contribution in [1.82, 2.24) is 19.7 Å². The first kappa shape index (κ1) is 19.9. The van der Waals surface area contributed by atoms with Crippen LogP contribution in [0.4, 0.5) is 5.69 Å².